The molecule has 2 aliphatic heterocycles. The average molecular weight is 907 g/mol. The van der Waals surface area contributed by atoms with E-state index in [1.165, 1.54) is 0 Å². The van der Waals surface area contributed by atoms with Crippen LogP contribution in [0, 0.1) is 0 Å². The summed E-state index contributed by atoms with van der Waals surface area (Å²) in [5, 5.41) is 19.7. The summed E-state index contributed by atoms with van der Waals surface area (Å²) in [7, 11) is -5.63. The quantitative estimate of drug-likeness (QED) is 0.0851. The zero-order valence-electron chi connectivity index (χ0n) is 32.6. The van der Waals surface area contributed by atoms with Gasteiger partial charge in [0.05, 0.1) is 13.2 Å². The Balaban J connectivity index is 1.62. The summed E-state index contributed by atoms with van der Waals surface area (Å²) in [6.45, 7) is 7.56. The van der Waals surface area contributed by atoms with E-state index in [1.807, 2.05) is 67.7 Å². The molecule has 0 aliphatic carbocycles. The number of ether oxygens (including phenoxy) is 2. The van der Waals surface area contributed by atoms with Crippen LogP contribution in [0.2, 0.25) is 36.3 Å². The molecule has 10 atom stereocenters. The molecule has 2 aromatic heterocycles. The second-order valence-electron chi connectivity index (χ2n) is 16.4. The van der Waals surface area contributed by atoms with Crippen LogP contribution >= 0.6 is 34.4 Å². The second kappa shape index (κ2) is 17.3. The van der Waals surface area contributed by atoms with Gasteiger partial charge in [-0.15, -0.1) is 0 Å². The van der Waals surface area contributed by atoms with Gasteiger partial charge in [-0.05, 0) is 36.3 Å². The first-order valence-electron chi connectivity index (χ1n) is 17.4. The molecule has 2 unspecified atom stereocenters. The SMILES string of the molecule is CC(C)(C)[Si](C)(C)O[C@@H]1[C@H](OP(=O)(O)SSP(=O)(O)O[C@H]2[C@@H](O[Si](C)(C)C(C)(C)C)[C@H](n3ccc(=O)[nH]c3=O)O[C@@H]2CO)[C@@H](CO)O[C@H]1n1ccc(=O)[nH]c1=O. The summed E-state index contributed by atoms with van der Waals surface area (Å²) >= 11 is 0. The maximum absolute atomic E-state index is 13.7. The minimum atomic E-state index is -5.00. The number of H-pyrrole nitrogens is 2. The third-order valence-corrected chi connectivity index (χ3v) is 28.4. The molecule has 56 heavy (non-hydrogen) atoms. The molecule has 4 heterocycles. The van der Waals surface area contributed by atoms with Crippen LogP contribution in [0.3, 0.4) is 0 Å². The number of aliphatic hydroxyl groups is 2. The van der Waals surface area contributed by atoms with Gasteiger partial charge in [0.15, 0.2) is 29.1 Å². The zero-order valence-corrected chi connectivity index (χ0v) is 38.1. The minimum absolute atomic E-state index is 0.0356. The molecule has 2 aliphatic rings. The average Bonchev–Trinajstić information content (AvgIpc) is 3.54. The van der Waals surface area contributed by atoms with Crippen molar-refractivity contribution in [2.75, 3.05) is 13.2 Å². The van der Waals surface area contributed by atoms with Crippen LogP contribution in [0.5, 0.6) is 0 Å². The van der Waals surface area contributed by atoms with E-state index in [-0.39, 0.29) is 20.8 Å². The lowest BCUT2D eigenvalue weighted by molar-refractivity contribution is -0.0527. The number of hydrogen-bond donors (Lipinski definition) is 6. The molecule has 4 rings (SSSR count). The van der Waals surface area contributed by atoms with Gasteiger partial charge in [-0.1, -0.05) is 41.5 Å². The third kappa shape index (κ3) is 10.8. The number of nitrogens with zero attached hydrogens (tertiary/aromatic N) is 2. The maximum Gasteiger partial charge on any atom is 0.398 e. The third-order valence-electron chi connectivity index (χ3n) is 10.4. The Bertz CT molecular complexity index is 1910. The molecule has 0 radical (unpaired) electrons. The predicted octanol–water partition coefficient (Wildman–Crippen LogP) is 3.00. The molecule has 26 heteroatoms. The summed E-state index contributed by atoms with van der Waals surface area (Å²) < 4.78 is 65.7. The molecule has 20 nitrogen and oxygen atoms in total. The molecule has 2 aromatic rings. The van der Waals surface area contributed by atoms with Crippen LogP contribution in [0.15, 0.2) is 43.7 Å². The van der Waals surface area contributed by atoms with Crippen molar-refractivity contribution in [2.45, 2.75) is 127 Å². The van der Waals surface area contributed by atoms with E-state index >= 15 is 0 Å². The van der Waals surface area contributed by atoms with Crippen LogP contribution in [-0.4, -0.2) is 106 Å². The van der Waals surface area contributed by atoms with Crippen molar-refractivity contribution < 1.29 is 56.5 Å². The molecule has 0 aromatic carbocycles. The summed E-state index contributed by atoms with van der Waals surface area (Å²) in [5.41, 5.74) is -3.12. The van der Waals surface area contributed by atoms with E-state index < -0.39 is 125 Å². The first-order valence-corrected chi connectivity index (χ1v) is 29.8. The van der Waals surface area contributed by atoms with E-state index in [0.717, 1.165) is 33.7 Å². The fraction of sp³-hybridized carbons (Fsp3) is 0.733. The van der Waals surface area contributed by atoms with Crippen LogP contribution in [0.1, 0.15) is 54.0 Å². The van der Waals surface area contributed by atoms with Crippen molar-refractivity contribution in [1.82, 2.24) is 19.1 Å². The Hall–Kier alpha value is -1.45. The number of aromatic amines is 2. The highest BCUT2D eigenvalue weighted by molar-refractivity contribution is 9.12. The van der Waals surface area contributed by atoms with E-state index in [1.54, 1.807) is 0 Å². The standard InChI is InChI=1S/C30H52N4O16P2S2Si2/c1-29(2,3)55(7,8)49-23-21(17(15-35)45-25(23)33-13-11-19(37)31-27(33)39)47-51(41,42)53-54-52(43,44)48-22-18(16-36)46-26(34-14-12-20(38)32-28(34)40)24(22)50-56(9,10)30(4,5)6/h11-14,17-18,21-26,35-36H,15-16H2,1-10H3,(H,41,42)(H,43,44)(H,31,37,39)(H,32,38,40)/t17-,18-,21-,22-,23-,24-,25-,26-/m1/s1. The van der Waals surface area contributed by atoms with Gasteiger partial charge in [0.2, 0.25) is 0 Å². The summed E-state index contributed by atoms with van der Waals surface area (Å²) in [6, 6.07) is 2.14. The van der Waals surface area contributed by atoms with E-state index in [2.05, 4.69) is 9.97 Å². The van der Waals surface area contributed by atoms with Crippen LogP contribution in [0.25, 0.3) is 0 Å². The highest BCUT2D eigenvalue weighted by Crippen LogP contribution is 2.74. The lowest BCUT2D eigenvalue weighted by atomic mass is 10.1. The van der Waals surface area contributed by atoms with Gasteiger partial charge in [-0.2, -0.15) is 0 Å². The van der Waals surface area contributed by atoms with Crippen LogP contribution < -0.4 is 22.5 Å². The Morgan fingerprint density at radius 3 is 1.27 bits per heavy atom. The van der Waals surface area contributed by atoms with Gasteiger partial charge in [-0.3, -0.25) is 37.7 Å². The van der Waals surface area contributed by atoms with E-state index in [9.17, 15) is 48.3 Å². The largest absolute Gasteiger partial charge is 0.407 e. The number of aliphatic hydroxyl groups excluding tert-OH is 2. The van der Waals surface area contributed by atoms with Gasteiger partial charge >= 0.3 is 25.0 Å². The Morgan fingerprint density at radius 1 is 0.679 bits per heavy atom. The summed E-state index contributed by atoms with van der Waals surface area (Å²) in [6.07, 6.45) is -8.64. The monoisotopic (exact) mass is 906 g/mol. The lowest BCUT2D eigenvalue weighted by Crippen LogP contribution is -2.50. The number of hydrogen-bond acceptors (Lipinski definition) is 16. The minimum Gasteiger partial charge on any atom is -0.407 e. The molecule has 6 N–H and O–H groups in total. The van der Waals surface area contributed by atoms with Gasteiger partial charge in [-0.25, -0.2) is 18.7 Å². The van der Waals surface area contributed by atoms with Crippen molar-refractivity contribution in [1.29, 1.82) is 0 Å². The van der Waals surface area contributed by atoms with Crippen molar-refractivity contribution in [3.8, 4) is 0 Å². The molecule has 318 valence electrons. The van der Waals surface area contributed by atoms with Crippen LogP contribution in [0.4, 0.5) is 0 Å². The molecule has 0 saturated carbocycles. The van der Waals surface area contributed by atoms with Gasteiger partial charge in [0.25, 0.3) is 11.1 Å². The Morgan fingerprint density at radius 2 is 1.00 bits per heavy atom. The fourth-order valence-electron chi connectivity index (χ4n) is 5.38. The summed E-state index contributed by atoms with van der Waals surface area (Å²) in [5.74, 6) is 0. The fourth-order valence-corrected chi connectivity index (χ4v) is 17.3. The van der Waals surface area contributed by atoms with Gasteiger partial charge in [0, 0.05) is 45.4 Å². The molecule has 2 saturated heterocycles. The van der Waals surface area contributed by atoms with Gasteiger partial charge < -0.3 is 38.3 Å². The number of nitrogens with one attached hydrogen (secondary N) is 2. The van der Waals surface area contributed by atoms with Crippen LogP contribution in [-0.2, 0) is 36.5 Å². The Labute approximate surface area is 331 Å². The topological polar surface area (TPSA) is 280 Å². The van der Waals surface area contributed by atoms with Crippen molar-refractivity contribution in [3.05, 3.63) is 66.2 Å². The number of aromatic nitrogens is 4. The highest BCUT2D eigenvalue weighted by Gasteiger charge is 2.56. The lowest BCUT2D eigenvalue weighted by Gasteiger charge is -2.40. The Kier molecular flexibility index (Phi) is 14.6. The highest BCUT2D eigenvalue weighted by atomic mass is 33.5. The zero-order chi connectivity index (χ0) is 42.4. The summed E-state index contributed by atoms with van der Waals surface area (Å²) in [4.78, 5) is 75.8. The first kappa shape index (κ1) is 47.2. The van der Waals surface area contributed by atoms with E-state index in [4.69, 9.17) is 27.4 Å². The second-order valence-corrected chi connectivity index (χ2v) is 34.9. The molecule has 0 spiro atoms. The van der Waals surface area contributed by atoms with Crippen molar-refractivity contribution in [3.63, 3.8) is 0 Å². The van der Waals surface area contributed by atoms with Crippen molar-refractivity contribution >= 4 is 51.1 Å². The molecule has 0 bridgehead atoms. The first-order chi connectivity index (χ1) is 25.5. The maximum atomic E-state index is 13.7. The number of rotatable bonds is 15. The predicted molar refractivity (Wildman–Crippen MR) is 213 cm³/mol. The van der Waals surface area contributed by atoms with E-state index in [0.29, 0.717) is 0 Å². The van der Waals surface area contributed by atoms with Gasteiger partial charge in [0.1, 0.15) is 36.6 Å². The van der Waals surface area contributed by atoms with Crippen molar-refractivity contribution in [2.24, 2.45) is 0 Å². The molecular formula is C30H52N4O16P2S2Si2. The molecule has 2 fully saturated rings. The molecular weight excluding hydrogens is 855 g/mol. The normalized spacial score (nSPS) is 28.6. The molecule has 0 amide bonds. The smallest absolute Gasteiger partial charge is 0.398 e.